The van der Waals surface area contributed by atoms with Gasteiger partial charge in [0.05, 0.1) is 16.7 Å². The Morgan fingerprint density at radius 1 is 1.22 bits per heavy atom. The van der Waals surface area contributed by atoms with E-state index in [4.69, 9.17) is 5.11 Å². The molecule has 1 saturated carbocycles. The second kappa shape index (κ2) is 8.93. The van der Waals surface area contributed by atoms with Gasteiger partial charge in [-0.1, -0.05) is 43.5 Å². The molecular formula is C21H27NO4S. The lowest BCUT2D eigenvalue weighted by atomic mass is 9.82. The lowest BCUT2D eigenvalue weighted by Crippen LogP contribution is -2.40. The molecule has 1 aromatic carbocycles. The van der Waals surface area contributed by atoms with Crippen LogP contribution in [0.1, 0.15) is 49.7 Å². The van der Waals surface area contributed by atoms with Crippen molar-refractivity contribution in [3.05, 3.63) is 41.5 Å². The van der Waals surface area contributed by atoms with Crippen molar-refractivity contribution in [2.24, 2.45) is 0 Å². The molecule has 2 aliphatic rings. The van der Waals surface area contributed by atoms with Crippen LogP contribution >= 0.6 is 11.8 Å². The number of carboxylic acid groups (broad SMARTS) is 1. The molecule has 1 aliphatic heterocycles. The Kier molecular flexibility index (Phi) is 6.60. The topological polar surface area (TPSA) is 77.8 Å². The van der Waals surface area contributed by atoms with Crippen LogP contribution in [-0.4, -0.2) is 50.3 Å². The normalized spacial score (nSPS) is 22.5. The first kappa shape index (κ1) is 20.0. The van der Waals surface area contributed by atoms with Crippen LogP contribution in [0.25, 0.3) is 6.08 Å². The molecule has 0 radical (unpaired) electrons. The molecule has 1 saturated heterocycles. The summed E-state index contributed by atoms with van der Waals surface area (Å²) in [5, 5.41) is 19.5. The van der Waals surface area contributed by atoms with E-state index in [9.17, 15) is 14.7 Å². The molecule has 146 valence electrons. The number of amides is 1. The Morgan fingerprint density at radius 2 is 1.93 bits per heavy atom. The molecule has 0 aromatic heterocycles. The molecule has 1 amide bonds. The number of benzene rings is 1. The summed E-state index contributed by atoms with van der Waals surface area (Å²) in [7, 11) is 0. The number of nitrogens with zero attached hydrogens (tertiary/aromatic N) is 1. The van der Waals surface area contributed by atoms with Crippen LogP contribution in [0.3, 0.4) is 0 Å². The summed E-state index contributed by atoms with van der Waals surface area (Å²) in [6.07, 6.45) is 9.15. The van der Waals surface area contributed by atoms with E-state index in [-0.39, 0.29) is 11.3 Å². The lowest BCUT2D eigenvalue weighted by Gasteiger charge is -2.34. The Hall–Kier alpha value is -1.79. The zero-order valence-corrected chi connectivity index (χ0v) is 16.3. The van der Waals surface area contributed by atoms with Gasteiger partial charge < -0.3 is 15.1 Å². The fourth-order valence-electron chi connectivity index (χ4n) is 3.86. The molecule has 3 rings (SSSR count). The third kappa shape index (κ3) is 5.59. The Labute approximate surface area is 164 Å². The van der Waals surface area contributed by atoms with Gasteiger partial charge >= 0.3 is 5.97 Å². The molecule has 6 heteroatoms. The molecule has 1 unspecified atom stereocenters. The van der Waals surface area contributed by atoms with Gasteiger partial charge in [-0.2, -0.15) is 0 Å². The van der Waals surface area contributed by atoms with E-state index in [2.05, 4.69) is 0 Å². The zero-order chi connectivity index (χ0) is 19.3. The summed E-state index contributed by atoms with van der Waals surface area (Å²) >= 11 is 1.66. The number of rotatable bonds is 7. The van der Waals surface area contributed by atoms with Crippen LogP contribution in [0.15, 0.2) is 30.3 Å². The Balaban J connectivity index is 1.58. The van der Waals surface area contributed by atoms with Crippen LogP contribution in [0.4, 0.5) is 0 Å². The highest BCUT2D eigenvalue weighted by atomic mass is 32.2. The quantitative estimate of drug-likeness (QED) is 0.700. The summed E-state index contributed by atoms with van der Waals surface area (Å²) in [6.45, 7) is 0.617. The van der Waals surface area contributed by atoms with E-state index in [1.807, 2.05) is 29.2 Å². The van der Waals surface area contributed by atoms with Crippen molar-refractivity contribution in [2.75, 3.05) is 12.3 Å². The number of aliphatic carboxylic acids is 1. The van der Waals surface area contributed by atoms with Gasteiger partial charge in [0, 0.05) is 19.0 Å². The molecule has 1 atom stereocenters. The third-order valence-electron chi connectivity index (χ3n) is 5.48. The zero-order valence-electron chi connectivity index (χ0n) is 15.5. The predicted molar refractivity (Wildman–Crippen MR) is 107 cm³/mol. The van der Waals surface area contributed by atoms with Crippen LogP contribution in [0.2, 0.25) is 0 Å². The Bertz CT molecular complexity index is 695. The van der Waals surface area contributed by atoms with Gasteiger partial charge in [-0.15, -0.1) is 11.8 Å². The number of hydrogen-bond acceptors (Lipinski definition) is 4. The predicted octanol–water partition coefficient (Wildman–Crippen LogP) is 3.31. The van der Waals surface area contributed by atoms with E-state index < -0.39 is 11.6 Å². The second-order valence-electron chi connectivity index (χ2n) is 7.51. The van der Waals surface area contributed by atoms with E-state index in [1.54, 1.807) is 17.8 Å². The maximum atomic E-state index is 12.3. The maximum absolute atomic E-state index is 12.3. The van der Waals surface area contributed by atoms with E-state index in [0.717, 1.165) is 49.3 Å². The molecular weight excluding hydrogens is 362 g/mol. The highest BCUT2D eigenvalue weighted by molar-refractivity contribution is 8.01. The summed E-state index contributed by atoms with van der Waals surface area (Å²) in [6, 6.07) is 7.76. The molecule has 2 N–H and O–H groups in total. The molecule has 1 aliphatic carbocycles. The van der Waals surface area contributed by atoms with Gasteiger partial charge in [0.15, 0.2) is 0 Å². The summed E-state index contributed by atoms with van der Waals surface area (Å²) < 4.78 is 0. The number of thioether (sulfide) groups is 1. The number of carbonyl (C=O) groups excluding carboxylic acids is 1. The van der Waals surface area contributed by atoms with Crippen LogP contribution in [0, 0.1) is 0 Å². The summed E-state index contributed by atoms with van der Waals surface area (Å²) in [5.41, 5.74) is 1.36. The first-order valence-electron chi connectivity index (χ1n) is 9.59. The van der Waals surface area contributed by atoms with E-state index >= 15 is 0 Å². The molecule has 1 aromatic rings. The summed E-state index contributed by atoms with van der Waals surface area (Å²) in [5.74, 6) is -0.302. The first-order valence-corrected chi connectivity index (χ1v) is 10.6. The van der Waals surface area contributed by atoms with Gasteiger partial charge in [-0.3, -0.25) is 4.79 Å². The first-order chi connectivity index (χ1) is 13.0. The largest absolute Gasteiger partial charge is 0.478 e. The maximum Gasteiger partial charge on any atom is 0.328 e. The number of carboxylic acids is 1. The monoisotopic (exact) mass is 389 g/mol. The molecule has 27 heavy (non-hydrogen) atoms. The van der Waals surface area contributed by atoms with Crippen LogP contribution < -0.4 is 0 Å². The van der Waals surface area contributed by atoms with E-state index in [0.29, 0.717) is 18.7 Å². The van der Waals surface area contributed by atoms with E-state index in [1.165, 1.54) is 6.42 Å². The average Bonchev–Trinajstić information content (AvgIpc) is 2.99. The fourth-order valence-corrected chi connectivity index (χ4v) is 5.08. The van der Waals surface area contributed by atoms with Crippen molar-refractivity contribution < 1.29 is 19.8 Å². The lowest BCUT2D eigenvalue weighted by molar-refractivity contribution is -0.131. The summed E-state index contributed by atoms with van der Waals surface area (Å²) in [4.78, 5) is 24.8. The van der Waals surface area contributed by atoms with Crippen molar-refractivity contribution in [1.29, 1.82) is 0 Å². The Morgan fingerprint density at radius 3 is 2.59 bits per heavy atom. The van der Waals surface area contributed by atoms with Crippen molar-refractivity contribution in [2.45, 2.75) is 55.9 Å². The van der Waals surface area contributed by atoms with Crippen molar-refractivity contribution in [1.82, 2.24) is 4.90 Å². The second-order valence-corrected chi connectivity index (χ2v) is 8.67. The van der Waals surface area contributed by atoms with Gasteiger partial charge in [-0.25, -0.2) is 4.79 Å². The van der Waals surface area contributed by atoms with Crippen LogP contribution in [-0.2, 0) is 16.0 Å². The van der Waals surface area contributed by atoms with Gasteiger partial charge in [0.1, 0.15) is 0 Å². The third-order valence-corrected chi connectivity index (χ3v) is 6.70. The van der Waals surface area contributed by atoms with Crippen molar-refractivity contribution in [3.8, 4) is 0 Å². The SMILES string of the molecule is O=C(O)C=Cc1ccc(CC2SCC(=O)N2CCC2(O)CCCCC2)cc1. The highest BCUT2D eigenvalue weighted by Gasteiger charge is 2.35. The molecule has 0 spiro atoms. The molecule has 2 fully saturated rings. The molecule has 5 nitrogen and oxygen atoms in total. The smallest absolute Gasteiger partial charge is 0.328 e. The van der Waals surface area contributed by atoms with Gasteiger partial charge in [-0.05, 0) is 36.5 Å². The highest BCUT2D eigenvalue weighted by Crippen LogP contribution is 2.33. The van der Waals surface area contributed by atoms with Crippen LogP contribution in [0.5, 0.6) is 0 Å². The van der Waals surface area contributed by atoms with Gasteiger partial charge in [0.2, 0.25) is 5.91 Å². The minimum absolute atomic E-state index is 0.102. The number of hydrogen-bond donors (Lipinski definition) is 2. The van der Waals surface area contributed by atoms with Crippen molar-refractivity contribution in [3.63, 3.8) is 0 Å². The number of carbonyl (C=O) groups is 2. The minimum atomic E-state index is -0.963. The minimum Gasteiger partial charge on any atom is -0.478 e. The molecule has 1 heterocycles. The standard InChI is InChI=1S/C21H27NO4S/c23-18-15-27-19(22(18)13-12-21(26)10-2-1-3-11-21)14-17-6-4-16(5-7-17)8-9-20(24)25/h4-9,19,26H,1-3,10-15H2,(H,24,25). The fraction of sp³-hybridized carbons (Fsp3) is 0.524. The average molecular weight is 390 g/mol. The van der Waals surface area contributed by atoms with Gasteiger partial charge in [0.25, 0.3) is 0 Å². The molecule has 0 bridgehead atoms. The van der Waals surface area contributed by atoms with Crippen molar-refractivity contribution >= 4 is 29.7 Å². The number of aliphatic hydroxyl groups is 1.